The number of nitrogens with zero attached hydrogens (tertiary/aromatic N) is 1. The number of halogens is 1. The van der Waals surface area contributed by atoms with E-state index in [2.05, 4.69) is 5.32 Å². The van der Waals surface area contributed by atoms with E-state index in [0.29, 0.717) is 13.1 Å². The topological polar surface area (TPSA) is 41.6 Å². The third kappa shape index (κ3) is 4.49. The maximum absolute atomic E-state index is 13.6. The first-order valence-corrected chi connectivity index (χ1v) is 6.80. The van der Waals surface area contributed by atoms with E-state index < -0.39 is 0 Å². The lowest BCUT2D eigenvalue weighted by Crippen LogP contribution is -2.43. The first-order valence-electron chi connectivity index (χ1n) is 6.80. The highest BCUT2D eigenvalue weighted by Crippen LogP contribution is 2.18. The standard InChI is InChI=1S/C15H23FN2O2/c1-5-8-17-15(19)11(2)18(3)10-12-6-7-14(20-4)13(16)9-12/h6-7,9,11H,5,8,10H2,1-4H3,(H,17,19). The molecule has 1 unspecified atom stereocenters. The van der Waals surface area contributed by atoms with Crippen LogP contribution in [0.3, 0.4) is 0 Å². The van der Waals surface area contributed by atoms with E-state index in [1.54, 1.807) is 12.1 Å². The van der Waals surface area contributed by atoms with E-state index in [1.807, 2.05) is 25.8 Å². The summed E-state index contributed by atoms with van der Waals surface area (Å²) in [5.74, 6) is -0.171. The zero-order chi connectivity index (χ0) is 15.1. The molecule has 0 bridgehead atoms. The number of rotatable bonds is 7. The number of hydrogen-bond acceptors (Lipinski definition) is 3. The van der Waals surface area contributed by atoms with Gasteiger partial charge in [-0.25, -0.2) is 4.39 Å². The summed E-state index contributed by atoms with van der Waals surface area (Å²) in [5.41, 5.74) is 0.806. The minimum Gasteiger partial charge on any atom is -0.494 e. The van der Waals surface area contributed by atoms with Crippen molar-refractivity contribution >= 4 is 5.91 Å². The molecular formula is C15H23FN2O2. The molecule has 4 nitrogen and oxygen atoms in total. The fourth-order valence-corrected chi connectivity index (χ4v) is 1.83. The molecule has 0 aliphatic carbocycles. The molecule has 0 saturated carbocycles. The van der Waals surface area contributed by atoms with Crippen molar-refractivity contribution in [2.45, 2.75) is 32.9 Å². The van der Waals surface area contributed by atoms with Crippen LogP contribution in [-0.2, 0) is 11.3 Å². The average molecular weight is 282 g/mol. The second-order valence-electron chi connectivity index (χ2n) is 4.85. The zero-order valence-electron chi connectivity index (χ0n) is 12.6. The highest BCUT2D eigenvalue weighted by molar-refractivity contribution is 5.81. The van der Waals surface area contributed by atoms with Crippen LogP contribution in [0, 0.1) is 5.82 Å². The third-order valence-corrected chi connectivity index (χ3v) is 3.24. The lowest BCUT2D eigenvalue weighted by Gasteiger charge is -2.24. The van der Waals surface area contributed by atoms with Crippen molar-refractivity contribution in [2.75, 3.05) is 20.7 Å². The van der Waals surface area contributed by atoms with Crippen LogP contribution in [0.15, 0.2) is 18.2 Å². The Labute approximate surface area is 119 Å². The minimum absolute atomic E-state index is 0.0108. The summed E-state index contributed by atoms with van der Waals surface area (Å²) in [6.45, 7) is 5.02. The van der Waals surface area contributed by atoms with Gasteiger partial charge >= 0.3 is 0 Å². The Morgan fingerprint density at radius 1 is 1.50 bits per heavy atom. The normalized spacial score (nSPS) is 12.3. The van der Waals surface area contributed by atoms with Gasteiger partial charge in [-0.15, -0.1) is 0 Å². The van der Waals surface area contributed by atoms with Crippen LogP contribution in [0.1, 0.15) is 25.8 Å². The molecular weight excluding hydrogens is 259 g/mol. The summed E-state index contributed by atoms with van der Waals surface area (Å²) >= 11 is 0. The van der Waals surface area contributed by atoms with Gasteiger partial charge in [0.2, 0.25) is 5.91 Å². The number of likely N-dealkylation sites (N-methyl/N-ethyl adjacent to an activating group) is 1. The molecule has 0 heterocycles. The summed E-state index contributed by atoms with van der Waals surface area (Å²) in [4.78, 5) is 13.7. The number of amides is 1. The Morgan fingerprint density at radius 2 is 2.20 bits per heavy atom. The maximum atomic E-state index is 13.6. The van der Waals surface area contributed by atoms with Gasteiger partial charge in [0, 0.05) is 13.1 Å². The van der Waals surface area contributed by atoms with Gasteiger partial charge in [0.05, 0.1) is 13.2 Å². The zero-order valence-corrected chi connectivity index (χ0v) is 12.6. The number of methoxy groups -OCH3 is 1. The SMILES string of the molecule is CCCNC(=O)C(C)N(C)Cc1ccc(OC)c(F)c1. The number of carbonyl (C=O) groups is 1. The smallest absolute Gasteiger partial charge is 0.237 e. The van der Waals surface area contributed by atoms with Gasteiger partial charge in [0.25, 0.3) is 0 Å². The van der Waals surface area contributed by atoms with Crippen LogP contribution in [0.5, 0.6) is 5.75 Å². The lowest BCUT2D eigenvalue weighted by atomic mass is 10.1. The molecule has 1 rings (SSSR count). The molecule has 0 aliphatic rings. The molecule has 1 amide bonds. The molecule has 0 aliphatic heterocycles. The Bertz CT molecular complexity index is 451. The van der Waals surface area contributed by atoms with Crippen molar-refractivity contribution in [1.29, 1.82) is 0 Å². The van der Waals surface area contributed by atoms with E-state index >= 15 is 0 Å². The van der Waals surface area contributed by atoms with Gasteiger partial charge in [-0.1, -0.05) is 13.0 Å². The number of carbonyl (C=O) groups excluding carboxylic acids is 1. The van der Waals surface area contributed by atoms with Crippen LogP contribution in [0.25, 0.3) is 0 Å². The molecule has 0 fully saturated rings. The average Bonchev–Trinajstić information content (AvgIpc) is 2.44. The Kier molecular flexibility index (Phi) is 6.45. The van der Waals surface area contributed by atoms with Crippen molar-refractivity contribution in [3.63, 3.8) is 0 Å². The third-order valence-electron chi connectivity index (χ3n) is 3.24. The molecule has 112 valence electrons. The summed E-state index contributed by atoms with van der Waals surface area (Å²) in [7, 11) is 3.28. The summed E-state index contributed by atoms with van der Waals surface area (Å²) in [5, 5.41) is 2.85. The fraction of sp³-hybridized carbons (Fsp3) is 0.533. The highest BCUT2D eigenvalue weighted by Gasteiger charge is 2.17. The van der Waals surface area contributed by atoms with Crippen LogP contribution in [0.4, 0.5) is 4.39 Å². The molecule has 20 heavy (non-hydrogen) atoms. The molecule has 0 spiro atoms. The van der Waals surface area contributed by atoms with Crippen molar-refractivity contribution in [2.24, 2.45) is 0 Å². The molecule has 1 aromatic rings. The Morgan fingerprint density at radius 3 is 2.75 bits per heavy atom. The van der Waals surface area contributed by atoms with Crippen molar-refractivity contribution in [3.8, 4) is 5.75 Å². The molecule has 1 atom stereocenters. The predicted octanol–water partition coefficient (Wildman–Crippen LogP) is 2.18. The monoisotopic (exact) mass is 282 g/mol. The number of ether oxygens (including phenoxy) is 1. The number of benzene rings is 1. The van der Waals surface area contributed by atoms with E-state index in [0.717, 1.165) is 12.0 Å². The van der Waals surface area contributed by atoms with Crippen molar-refractivity contribution in [1.82, 2.24) is 10.2 Å². The molecule has 1 aromatic carbocycles. The first kappa shape index (κ1) is 16.4. The van der Waals surface area contributed by atoms with Crippen molar-refractivity contribution < 1.29 is 13.9 Å². The second-order valence-corrected chi connectivity index (χ2v) is 4.85. The molecule has 0 aromatic heterocycles. The van der Waals surface area contributed by atoms with E-state index in [4.69, 9.17) is 4.74 Å². The summed E-state index contributed by atoms with van der Waals surface area (Å²) < 4.78 is 18.5. The van der Waals surface area contributed by atoms with E-state index in [-0.39, 0.29) is 23.5 Å². The van der Waals surface area contributed by atoms with Gasteiger partial charge < -0.3 is 10.1 Å². The summed E-state index contributed by atoms with van der Waals surface area (Å²) in [6.07, 6.45) is 0.909. The van der Waals surface area contributed by atoms with Gasteiger partial charge in [0.15, 0.2) is 11.6 Å². The van der Waals surface area contributed by atoms with Gasteiger partial charge in [-0.3, -0.25) is 9.69 Å². The highest BCUT2D eigenvalue weighted by atomic mass is 19.1. The van der Waals surface area contributed by atoms with E-state index in [1.165, 1.54) is 13.2 Å². The molecule has 5 heteroatoms. The number of nitrogens with one attached hydrogen (secondary N) is 1. The Hall–Kier alpha value is -1.62. The lowest BCUT2D eigenvalue weighted by molar-refractivity contribution is -0.125. The summed E-state index contributed by atoms with van der Waals surface area (Å²) in [6, 6.07) is 4.58. The van der Waals surface area contributed by atoms with E-state index in [9.17, 15) is 9.18 Å². The first-order chi connectivity index (χ1) is 9.49. The molecule has 1 N–H and O–H groups in total. The quantitative estimate of drug-likeness (QED) is 0.833. The second kappa shape index (κ2) is 7.85. The van der Waals surface area contributed by atoms with Crippen LogP contribution in [-0.4, -0.2) is 37.6 Å². The predicted molar refractivity (Wildman–Crippen MR) is 77.2 cm³/mol. The largest absolute Gasteiger partial charge is 0.494 e. The van der Waals surface area contributed by atoms with Gasteiger partial charge in [0.1, 0.15) is 0 Å². The minimum atomic E-state index is -0.388. The Balaban J connectivity index is 2.63. The van der Waals surface area contributed by atoms with Crippen molar-refractivity contribution in [3.05, 3.63) is 29.6 Å². The fourth-order valence-electron chi connectivity index (χ4n) is 1.83. The van der Waals surface area contributed by atoms with Crippen LogP contribution in [0.2, 0.25) is 0 Å². The molecule has 0 saturated heterocycles. The number of hydrogen-bond donors (Lipinski definition) is 1. The van der Waals surface area contributed by atoms with Gasteiger partial charge in [-0.05, 0) is 38.1 Å². The van der Waals surface area contributed by atoms with Crippen LogP contribution < -0.4 is 10.1 Å². The van der Waals surface area contributed by atoms with Gasteiger partial charge in [-0.2, -0.15) is 0 Å². The molecule has 0 radical (unpaired) electrons. The van der Waals surface area contributed by atoms with Crippen LogP contribution >= 0.6 is 0 Å². The maximum Gasteiger partial charge on any atom is 0.237 e.